The van der Waals surface area contributed by atoms with Crippen LogP contribution in [-0.4, -0.2) is 28.7 Å². The van der Waals surface area contributed by atoms with Gasteiger partial charge in [0, 0.05) is 49.4 Å². The normalized spacial score (nSPS) is 11.7. The number of hydrogen-bond donors (Lipinski definition) is 0. The third-order valence-corrected chi connectivity index (χ3v) is 11.7. The highest BCUT2D eigenvalue weighted by Gasteiger charge is 2.23. The van der Waals surface area contributed by atoms with E-state index in [0.29, 0.717) is 23.0 Å². The zero-order valence-electron chi connectivity index (χ0n) is 32.7. The Morgan fingerprint density at radius 2 is 0.754 bits per heavy atom. The van der Waals surface area contributed by atoms with Crippen molar-refractivity contribution in [3.05, 3.63) is 217 Å². The second-order valence-corrected chi connectivity index (χ2v) is 15.2. The van der Waals surface area contributed by atoms with Crippen molar-refractivity contribution in [2.24, 2.45) is 0 Å². The van der Waals surface area contributed by atoms with Crippen LogP contribution in [0.2, 0.25) is 0 Å². The van der Waals surface area contributed by atoms with E-state index in [2.05, 4.69) is 100 Å². The van der Waals surface area contributed by atoms with Crippen LogP contribution in [0.25, 0.3) is 106 Å². The summed E-state index contributed by atoms with van der Waals surface area (Å²) in [6.07, 6.45) is 0. The minimum Gasteiger partial charge on any atom is -0.307 e. The van der Waals surface area contributed by atoms with Gasteiger partial charge >= 0.3 is 0 Å². The quantitative estimate of drug-likeness (QED) is 0.168. The van der Waals surface area contributed by atoms with Crippen LogP contribution in [0.1, 0.15) is 0 Å². The first kappa shape index (κ1) is 34.6. The van der Waals surface area contributed by atoms with Crippen molar-refractivity contribution < 1.29 is 0 Å². The standard InChI is InChI=1S/C54H34N6O/c61-53-43-27-14-13-26-42(43)49-50(59(53)40-23-11-4-12-24-40)45-34-38(30-32-48(45)58(49)39-21-9-3-10-22-39)37-29-31-47-44(33-37)41-25-15-16-28-46(41)60(47)54-56-51(35-17-5-1-6-18-35)55-52(57-54)36-19-7-2-8-20-36/h1-34H. The van der Waals surface area contributed by atoms with Gasteiger partial charge < -0.3 is 4.57 Å². The largest absolute Gasteiger partial charge is 0.307 e. The molecule has 4 heterocycles. The third-order valence-electron chi connectivity index (χ3n) is 11.7. The summed E-state index contributed by atoms with van der Waals surface area (Å²) in [6.45, 7) is 0. The molecule has 0 saturated heterocycles. The minimum absolute atomic E-state index is 0.0507. The number of benzene rings is 8. The van der Waals surface area contributed by atoms with Crippen LogP contribution < -0.4 is 5.56 Å². The lowest BCUT2D eigenvalue weighted by molar-refractivity contribution is 0.953. The lowest BCUT2D eigenvalue weighted by atomic mass is 10.0. The molecule has 0 saturated carbocycles. The zero-order valence-corrected chi connectivity index (χ0v) is 32.7. The number of pyridine rings is 1. The van der Waals surface area contributed by atoms with Gasteiger partial charge in [0.1, 0.15) is 0 Å². The molecule has 61 heavy (non-hydrogen) atoms. The van der Waals surface area contributed by atoms with E-state index in [9.17, 15) is 4.79 Å². The van der Waals surface area contributed by atoms with Crippen molar-refractivity contribution in [3.63, 3.8) is 0 Å². The van der Waals surface area contributed by atoms with Gasteiger partial charge in [-0.3, -0.25) is 13.9 Å². The Labute approximate surface area is 349 Å². The fourth-order valence-electron chi connectivity index (χ4n) is 8.96. The summed E-state index contributed by atoms with van der Waals surface area (Å²) in [5, 5.41) is 4.74. The van der Waals surface area contributed by atoms with E-state index in [4.69, 9.17) is 15.0 Å². The van der Waals surface area contributed by atoms with Gasteiger partial charge in [-0.15, -0.1) is 0 Å². The molecule has 0 atom stereocenters. The maximum atomic E-state index is 14.6. The molecule has 12 rings (SSSR count). The van der Waals surface area contributed by atoms with Gasteiger partial charge in [0.2, 0.25) is 5.95 Å². The molecule has 0 bridgehead atoms. The van der Waals surface area contributed by atoms with E-state index >= 15 is 0 Å². The highest BCUT2D eigenvalue weighted by atomic mass is 16.1. The lowest BCUT2D eigenvalue weighted by Gasteiger charge is -2.13. The first-order valence-corrected chi connectivity index (χ1v) is 20.3. The Hall–Kier alpha value is -8.42. The van der Waals surface area contributed by atoms with Gasteiger partial charge in [0.15, 0.2) is 11.6 Å². The highest BCUT2D eigenvalue weighted by molar-refractivity contribution is 6.18. The minimum atomic E-state index is -0.0507. The van der Waals surface area contributed by atoms with Gasteiger partial charge in [0.25, 0.3) is 5.56 Å². The number of fused-ring (bicyclic) bond motifs is 8. The summed E-state index contributed by atoms with van der Waals surface area (Å²) >= 11 is 0. The Kier molecular flexibility index (Phi) is 7.86. The Morgan fingerprint density at radius 1 is 0.311 bits per heavy atom. The fourth-order valence-corrected chi connectivity index (χ4v) is 8.96. The molecule has 0 N–H and O–H groups in total. The van der Waals surface area contributed by atoms with E-state index in [0.717, 1.165) is 82.8 Å². The highest BCUT2D eigenvalue weighted by Crippen LogP contribution is 2.40. The van der Waals surface area contributed by atoms with Gasteiger partial charge in [0.05, 0.1) is 27.6 Å². The van der Waals surface area contributed by atoms with Gasteiger partial charge in [-0.05, 0) is 71.8 Å². The maximum absolute atomic E-state index is 14.6. The van der Waals surface area contributed by atoms with Crippen LogP contribution in [0.15, 0.2) is 211 Å². The Morgan fingerprint density at radius 3 is 1.36 bits per heavy atom. The average molecular weight is 783 g/mol. The topological polar surface area (TPSA) is 70.5 Å². The Balaban J connectivity index is 1.11. The predicted octanol–water partition coefficient (Wildman–Crippen LogP) is 12.4. The van der Waals surface area contributed by atoms with Gasteiger partial charge in [-0.1, -0.05) is 146 Å². The average Bonchev–Trinajstić information content (AvgIpc) is 3.85. The van der Waals surface area contributed by atoms with Gasteiger partial charge in [-0.25, -0.2) is 4.98 Å². The van der Waals surface area contributed by atoms with Crippen LogP contribution in [0, 0.1) is 0 Å². The molecule has 8 aromatic carbocycles. The van der Waals surface area contributed by atoms with Crippen LogP contribution in [0.3, 0.4) is 0 Å². The van der Waals surface area contributed by atoms with Gasteiger partial charge in [-0.2, -0.15) is 9.97 Å². The van der Waals surface area contributed by atoms with Crippen molar-refractivity contribution in [1.82, 2.24) is 28.7 Å². The molecule has 0 radical (unpaired) electrons. The van der Waals surface area contributed by atoms with E-state index in [1.807, 2.05) is 120 Å². The Bertz CT molecular complexity index is 3650. The molecular formula is C54H34N6O. The molecule has 0 aliphatic heterocycles. The first-order chi connectivity index (χ1) is 30.2. The molecule has 7 heteroatoms. The fraction of sp³-hybridized carbons (Fsp3) is 0. The molecule has 7 nitrogen and oxygen atoms in total. The van der Waals surface area contributed by atoms with Crippen molar-refractivity contribution in [1.29, 1.82) is 0 Å². The van der Waals surface area contributed by atoms with Crippen LogP contribution >= 0.6 is 0 Å². The second-order valence-electron chi connectivity index (χ2n) is 15.2. The first-order valence-electron chi connectivity index (χ1n) is 20.3. The third kappa shape index (κ3) is 5.52. The van der Waals surface area contributed by atoms with Crippen molar-refractivity contribution in [2.75, 3.05) is 0 Å². The molecule has 4 aromatic heterocycles. The maximum Gasteiger partial charge on any atom is 0.263 e. The monoisotopic (exact) mass is 782 g/mol. The molecule has 0 fully saturated rings. The molecule has 0 spiro atoms. The number of hydrogen-bond acceptors (Lipinski definition) is 4. The zero-order chi connectivity index (χ0) is 40.4. The molecule has 286 valence electrons. The number of rotatable bonds is 6. The van der Waals surface area contributed by atoms with Crippen LogP contribution in [-0.2, 0) is 0 Å². The van der Waals surface area contributed by atoms with E-state index in [1.54, 1.807) is 0 Å². The smallest absolute Gasteiger partial charge is 0.263 e. The van der Waals surface area contributed by atoms with E-state index in [-0.39, 0.29) is 5.56 Å². The van der Waals surface area contributed by atoms with Crippen molar-refractivity contribution in [3.8, 4) is 51.2 Å². The van der Waals surface area contributed by atoms with Crippen LogP contribution in [0.4, 0.5) is 0 Å². The summed E-state index contributed by atoms with van der Waals surface area (Å²) in [7, 11) is 0. The predicted molar refractivity (Wildman–Crippen MR) is 248 cm³/mol. The number of para-hydroxylation sites is 3. The SMILES string of the molecule is O=c1c2ccccc2c2c(c3cc(-c4ccc5c(c4)c4ccccc4n5-c4nc(-c5ccccc5)nc(-c5ccccc5)n4)ccc3n2-c2ccccc2)n1-c1ccccc1. The molecule has 12 aromatic rings. The number of nitrogens with zero attached hydrogens (tertiary/aromatic N) is 6. The summed E-state index contributed by atoms with van der Waals surface area (Å²) in [5.41, 5.74) is 10.6. The second kappa shape index (κ2) is 13.9. The summed E-state index contributed by atoms with van der Waals surface area (Å²) in [4.78, 5) is 29.8. The molecule has 0 aliphatic carbocycles. The molecular weight excluding hydrogens is 749 g/mol. The van der Waals surface area contributed by atoms with Crippen molar-refractivity contribution >= 4 is 54.5 Å². The summed E-state index contributed by atoms with van der Waals surface area (Å²) in [6, 6.07) is 70.1. The van der Waals surface area contributed by atoms with Crippen LogP contribution in [0.5, 0.6) is 0 Å². The van der Waals surface area contributed by atoms with E-state index in [1.165, 1.54) is 0 Å². The number of aromatic nitrogens is 6. The summed E-state index contributed by atoms with van der Waals surface area (Å²) in [5.74, 6) is 1.77. The van der Waals surface area contributed by atoms with Crippen molar-refractivity contribution in [2.45, 2.75) is 0 Å². The molecule has 0 aliphatic rings. The molecule has 0 amide bonds. The summed E-state index contributed by atoms with van der Waals surface area (Å²) < 4.78 is 6.34. The van der Waals surface area contributed by atoms with E-state index < -0.39 is 0 Å². The molecule has 0 unspecified atom stereocenters. The lowest BCUT2D eigenvalue weighted by Crippen LogP contribution is -2.19.